The Morgan fingerprint density at radius 1 is 1.05 bits per heavy atom. The molecule has 0 spiro atoms. The highest BCUT2D eigenvalue weighted by Crippen LogP contribution is 2.40. The second-order valence-electron chi connectivity index (χ2n) is 5.04. The van der Waals surface area contributed by atoms with Gasteiger partial charge in [0.1, 0.15) is 25.0 Å². The van der Waals surface area contributed by atoms with Gasteiger partial charge in [0.15, 0.2) is 11.5 Å². The predicted molar refractivity (Wildman–Crippen MR) is 79.5 cm³/mol. The summed E-state index contributed by atoms with van der Waals surface area (Å²) in [6.45, 7) is 4.96. The number of methoxy groups -OCH3 is 3. The number of aliphatic hydroxyl groups is 1. The van der Waals surface area contributed by atoms with Gasteiger partial charge in [-0.3, -0.25) is 0 Å². The quantitative estimate of drug-likeness (QED) is 0.519. The Bertz CT molecular complexity index is 417. The number of aliphatic hydroxyl groups excluding tert-OH is 1. The van der Waals surface area contributed by atoms with Gasteiger partial charge in [0.25, 0.3) is 0 Å². The molecule has 0 amide bonds. The molecular weight excluding hydrogens is 310 g/mol. The van der Waals surface area contributed by atoms with E-state index in [1.165, 1.54) is 0 Å². The largest absolute Gasteiger partial charge is 1.00 e. The first-order valence-corrected chi connectivity index (χ1v) is 6.96. The lowest BCUT2D eigenvalue weighted by Crippen LogP contribution is -3.00. The first kappa shape index (κ1) is 20.6. The van der Waals surface area contributed by atoms with E-state index in [4.69, 9.17) is 18.9 Å². The van der Waals surface area contributed by atoms with Gasteiger partial charge < -0.3 is 41.8 Å². The third-order valence-electron chi connectivity index (χ3n) is 2.96. The highest BCUT2D eigenvalue weighted by atomic mass is 35.5. The molecule has 0 aliphatic carbocycles. The van der Waals surface area contributed by atoms with Crippen LogP contribution in [0.25, 0.3) is 0 Å². The molecular formula is C15H26ClNO5. The topological polar surface area (TPSA) is 73.8 Å². The van der Waals surface area contributed by atoms with Gasteiger partial charge in [-0.1, -0.05) is 0 Å². The summed E-state index contributed by atoms with van der Waals surface area (Å²) < 4.78 is 21.3. The molecule has 22 heavy (non-hydrogen) atoms. The summed E-state index contributed by atoms with van der Waals surface area (Å²) in [5, 5.41) is 11.9. The van der Waals surface area contributed by atoms with Crippen LogP contribution in [0.5, 0.6) is 23.0 Å². The summed E-state index contributed by atoms with van der Waals surface area (Å²) in [7, 11) is 4.65. The van der Waals surface area contributed by atoms with E-state index in [2.05, 4.69) is 19.2 Å². The lowest BCUT2D eigenvalue weighted by Gasteiger charge is -2.16. The van der Waals surface area contributed by atoms with Crippen LogP contribution in [0.15, 0.2) is 12.1 Å². The molecule has 1 unspecified atom stereocenters. The van der Waals surface area contributed by atoms with Crippen molar-refractivity contribution in [3.8, 4) is 23.0 Å². The molecule has 0 heterocycles. The summed E-state index contributed by atoms with van der Waals surface area (Å²) in [6.07, 6.45) is -0.536. The van der Waals surface area contributed by atoms with E-state index >= 15 is 0 Å². The van der Waals surface area contributed by atoms with Crippen molar-refractivity contribution < 1.29 is 41.8 Å². The van der Waals surface area contributed by atoms with Crippen molar-refractivity contribution in [3.63, 3.8) is 0 Å². The molecule has 0 aliphatic heterocycles. The number of nitrogens with two attached hydrogens (primary N) is 1. The maximum atomic E-state index is 9.87. The fraction of sp³-hybridized carbons (Fsp3) is 0.600. The molecule has 1 aromatic rings. The van der Waals surface area contributed by atoms with E-state index in [0.29, 0.717) is 35.6 Å². The average molecular weight is 336 g/mol. The van der Waals surface area contributed by atoms with Crippen LogP contribution in [0, 0.1) is 0 Å². The molecule has 0 radical (unpaired) electrons. The van der Waals surface area contributed by atoms with Crippen LogP contribution in [0.3, 0.4) is 0 Å². The van der Waals surface area contributed by atoms with Crippen molar-refractivity contribution in [2.24, 2.45) is 0 Å². The molecule has 0 bridgehead atoms. The minimum absolute atomic E-state index is 0. The zero-order valence-corrected chi connectivity index (χ0v) is 14.5. The monoisotopic (exact) mass is 335 g/mol. The van der Waals surface area contributed by atoms with Crippen molar-refractivity contribution in [2.45, 2.75) is 26.0 Å². The molecule has 0 saturated heterocycles. The van der Waals surface area contributed by atoms with Gasteiger partial charge in [-0.15, -0.1) is 0 Å². The summed E-state index contributed by atoms with van der Waals surface area (Å²) in [6, 6.07) is 3.86. The highest BCUT2D eigenvalue weighted by molar-refractivity contribution is 5.55. The van der Waals surface area contributed by atoms with Gasteiger partial charge in [0.2, 0.25) is 5.75 Å². The summed E-state index contributed by atoms with van der Waals surface area (Å²) in [5.41, 5.74) is 0. The standard InChI is InChI=1S/C15H25NO5.ClH/c1-10(2)16-8-11(17)9-21-12-6-13(18-3)15(20-5)14(7-12)19-4;/h6-7,10-11,16-17H,8-9H2,1-5H3;1H. The van der Waals surface area contributed by atoms with E-state index in [9.17, 15) is 5.11 Å². The maximum absolute atomic E-state index is 9.87. The SMILES string of the molecule is COc1cc(OCC(O)C[NH2+]C(C)C)cc(OC)c1OC.[Cl-]. The van der Waals surface area contributed by atoms with Gasteiger partial charge in [-0.25, -0.2) is 0 Å². The van der Waals surface area contributed by atoms with Crippen LogP contribution in [-0.2, 0) is 0 Å². The van der Waals surface area contributed by atoms with Crippen LogP contribution in [0.2, 0.25) is 0 Å². The Morgan fingerprint density at radius 3 is 2.00 bits per heavy atom. The van der Waals surface area contributed by atoms with E-state index in [0.717, 1.165) is 0 Å². The van der Waals surface area contributed by atoms with Crippen LogP contribution in [0.4, 0.5) is 0 Å². The zero-order valence-electron chi connectivity index (χ0n) is 13.8. The lowest BCUT2D eigenvalue weighted by molar-refractivity contribution is -0.688. The van der Waals surface area contributed by atoms with Crippen LogP contribution in [-0.4, -0.2) is 51.7 Å². The van der Waals surface area contributed by atoms with Crippen LogP contribution in [0.1, 0.15) is 13.8 Å². The second kappa shape index (κ2) is 10.4. The molecule has 128 valence electrons. The van der Waals surface area contributed by atoms with Crippen molar-refractivity contribution in [1.29, 1.82) is 0 Å². The number of quaternary nitrogens is 1. The fourth-order valence-corrected chi connectivity index (χ4v) is 1.83. The number of ether oxygens (including phenoxy) is 4. The van der Waals surface area contributed by atoms with E-state index < -0.39 is 6.10 Å². The number of hydrogen-bond donors (Lipinski definition) is 2. The predicted octanol–water partition coefficient (Wildman–Crippen LogP) is -2.57. The normalized spacial score (nSPS) is 11.6. The van der Waals surface area contributed by atoms with Crippen molar-refractivity contribution in [2.75, 3.05) is 34.5 Å². The first-order valence-electron chi connectivity index (χ1n) is 6.96. The Labute approximate surface area is 138 Å². The Balaban J connectivity index is 0.00000441. The fourth-order valence-electron chi connectivity index (χ4n) is 1.83. The minimum Gasteiger partial charge on any atom is -1.00 e. The summed E-state index contributed by atoms with van der Waals surface area (Å²) >= 11 is 0. The minimum atomic E-state index is -0.536. The molecule has 0 fully saturated rings. The number of halogens is 1. The average Bonchev–Trinajstić information content (AvgIpc) is 2.49. The van der Waals surface area contributed by atoms with E-state index in [1.807, 2.05) is 0 Å². The van der Waals surface area contributed by atoms with Crippen molar-refractivity contribution in [1.82, 2.24) is 0 Å². The Hall–Kier alpha value is -1.37. The van der Waals surface area contributed by atoms with Gasteiger partial charge in [0.05, 0.1) is 27.4 Å². The third-order valence-corrected chi connectivity index (χ3v) is 2.96. The number of hydrogen-bond acceptors (Lipinski definition) is 5. The molecule has 6 nitrogen and oxygen atoms in total. The van der Waals surface area contributed by atoms with Crippen molar-refractivity contribution >= 4 is 0 Å². The van der Waals surface area contributed by atoms with Gasteiger partial charge in [0, 0.05) is 12.1 Å². The van der Waals surface area contributed by atoms with Crippen molar-refractivity contribution in [3.05, 3.63) is 12.1 Å². The molecule has 0 aliphatic rings. The molecule has 1 rings (SSSR count). The second-order valence-corrected chi connectivity index (χ2v) is 5.04. The van der Waals surface area contributed by atoms with Gasteiger partial charge in [-0.05, 0) is 13.8 Å². The summed E-state index contributed by atoms with van der Waals surface area (Å²) in [4.78, 5) is 0. The van der Waals surface area contributed by atoms with Gasteiger partial charge in [-0.2, -0.15) is 0 Å². The molecule has 0 aromatic heterocycles. The smallest absolute Gasteiger partial charge is 0.203 e. The lowest BCUT2D eigenvalue weighted by atomic mass is 10.2. The number of rotatable bonds is 9. The highest BCUT2D eigenvalue weighted by Gasteiger charge is 2.15. The summed E-state index contributed by atoms with van der Waals surface area (Å²) in [5.74, 6) is 2.12. The first-order chi connectivity index (χ1) is 10.0. The molecule has 1 atom stereocenters. The third kappa shape index (κ3) is 6.17. The zero-order chi connectivity index (χ0) is 15.8. The molecule has 1 aromatic carbocycles. The Kier molecular flexibility index (Phi) is 9.73. The van der Waals surface area contributed by atoms with E-state index in [1.54, 1.807) is 33.5 Å². The van der Waals surface area contributed by atoms with E-state index in [-0.39, 0.29) is 19.0 Å². The van der Waals surface area contributed by atoms with Crippen LogP contribution >= 0.6 is 0 Å². The molecule has 7 heteroatoms. The Morgan fingerprint density at radius 2 is 1.59 bits per heavy atom. The number of benzene rings is 1. The molecule has 0 saturated carbocycles. The maximum Gasteiger partial charge on any atom is 0.203 e. The molecule has 3 N–H and O–H groups in total. The van der Waals surface area contributed by atoms with Gasteiger partial charge >= 0.3 is 0 Å². The van der Waals surface area contributed by atoms with Crippen LogP contribution < -0.4 is 36.7 Å².